The molecule has 1 aliphatic carbocycles. The summed E-state index contributed by atoms with van der Waals surface area (Å²) in [7, 11) is 0. The number of thiazole rings is 1. The zero-order valence-electron chi connectivity index (χ0n) is 7.89. The summed E-state index contributed by atoms with van der Waals surface area (Å²) in [5, 5.41) is 0.775. The van der Waals surface area contributed by atoms with Crippen LogP contribution in [0.5, 0.6) is 0 Å². The van der Waals surface area contributed by atoms with Crippen molar-refractivity contribution in [3.8, 4) is 0 Å². The number of anilines is 1. The molecule has 0 saturated heterocycles. The number of aryl methyl sites for hydroxylation is 1. The van der Waals surface area contributed by atoms with Crippen LogP contribution in [-0.2, 0) is 0 Å². The van der Waals surface area contributed by atoms with Gasteiger partial charge in [-0.2, -0.15) is 0 Å². The van der Waals surface area contributed by atoms with Crippen LogP contribution in [0.3, 0.4) is 0 Å². The van der Waals surface area contributed by atoms with Crippen LogP contribution >= 0.6 is 11.3 Å². The summed E-state index contributed by atoms with van der Waals surface area (Å²) in [6.45, 7) is 1.86. The van der Waals surface area contributed by atoms with Crippen LogP contribution in [0.1, 0.15) is 35.1 Å². The molecule has 0 aromatic carbocycles. The molecule has 2 nitrogen and oxygen atoms in total. The summed E-state index contributed by atoms with van der Waals surface area (Å²) in [6, 6.07) is 0. The number of halogens is 2. The highest BCUT2D eigenvalue weighted by atomic mass is 32.1. The van der Waals surface area contributed by atoms with E-state index in [2.05, 4.69) is 4.98 Å². The Labute approximate surface area is 85.1 Å². The molecule has 1 heterocycles. The normalized spacial score (nSPS) is 25.5. The van der Waals surface area contributed by atoms with Crippen LogP contribution in [0.15, 0.2) is 0 Å². The van der Waals surface area contributed by atoms with Crippen molar-refractivity contribution in [3.63, 3.8) is 0 Å². The fourth-order valence-electron chi connectivity index (χ4n) is 1.76. The summed E-state index contributed by atoms with van der Waals surface area (Å²) >= 11 is 1.44. The molecule has 2 rings (SSSR count). The zero-order valence-corrected chi connectivity index (χ0v) is 8.70. The maximum absolute atomic E-state index is 12.9. The highest BCUT2D eigenvalue weighted by molar-refractivity contribution is 7.12. The maximum Gasteiger partial charge on any atom is 0.248 e. The topological polar surface area (TPSA) is 38.9 Å². The van der Waals surface area contributed by atoms with Gasteiger partial charge in [0.2, 0.25) is 5.92 Å². The van der Waals surface area contributed by atoms with E-state index < -0.39 is 5.92 Å². The van der Waals surface area contributed by atoms with Crippen molar-refractivity contribution >= 4 is 17.2 Å². The van der Waals surface area contributed by atoms with E-state index in [1.165, 1.54) is 11.3 Å². The number of nitrogen functional groups attached to an aromatic ring is 1. The maximum atomic E-state index is 12.9. The van der Waals surface area contributed by atoms with E-state index in [9.17, 15) is 8.78 Å². The van der Waals surface area contributed by atoms with Gasteiger partial charge in [0.05, 0.1) is 5.01 Å². The molecule has 1 aromatic rings. The van der Waals surface area contributed by atoms with Crippen molar-refractivity contribution in [1.29, 1.82) is 0 Å². The van der Waals surface area contributed by atoms with Crippen molar-refractivity contribution in [3.05, 3.63) is 9.88 Å². The second-order valence-electron chi connectivity index (χ2n) is 3.79. The predicted octanol–water partition coefficient (Wildman–Crippen LogP) is 2.94. The van der Waals surface area contributed by atoms with Crippen molar-refractivity contribution in [2.45, 2.75) is 38.0 Å². The fourth-order valence-corrected chi connectivity index (χ4v) is 2.74. The molecule has 1 fully saturated rings. The van der Waals surface area contributed by atoms with Gasteiger partial charge in [0.25, 0.3) is 0 Å². The minimum atomic E-state index is -2.50. The van der Waals surface area contributed by atoms with Gasteiger partial charge in [0.15, 0.2) is 0 Å². The lowest BCUT2D eigenvalue weighted by molar-refractivity contribution is 0.00776. The third-order valence-corrected chi connectivity index (χ3v) is 3.75. The van der Waals surface area contributed by atoms with E-state index in [4.69, 9.17) is 5.73 Å². The molecule has 0 amide bonds. The Hall–Kier alpha value is -0.710. The number of hydrogen-bond donors (Lipinski definition) is 1. The van der Waals surface area contributed by atoms with Crippen LogP contribution in [0.2, 0.25) is 0 Å². The van der Waals surface area contributed by atoms with E-state index in [1.807, 2.05) is 6.92 Å². The summed E-state index contributed by atoms with van der Waals surface area (Å²) < 4.78 is 25.9. The first-order valence-corrected chi connectivity index (χ1v) is 5.40. The Kier molecular flexibility index (Phi) is 2.21. The summed E-state index contributed by atoms with van der Waals surface area (Å²) in [6.07, 6.45) is 0.439. The molecular formula is C9H12F2N2S. The quantitative estimate of drug-likeness (QED) is 0.787. The molecule has 0 radical (unpaired) electrons. The monoisotopic (exact) mass is 218 g/mol. The standard InChI is InChI=1S/C9H12F2N2S/c1-5-7(12)13-8(14-5)6-2-3-9(10,11)4-6/h6H,2-4,12H2,1H3. The van der Waals surface area contributed by atoms with Crippen LogP contribution in [0.25, 0.3) is 0 Å². The van der Waals surface area contributed by atoms with E-state index in [1.54, 1.807) is 0 Å². The highest BCUT2D eigenvalue weighted by Gasteiger charge is 2.41. The van der Waals surface area contributed by atoms with Crippen LogP contribution in [0.4, 0.5) is 14.6 Å². The summed E-state index contributed by atoms with van der Waals surface area (Å²) in [4.78, 5) is 5.05. The van der Waals surface area contributed by atoms with Gasteiger partial charge in [-0.15, -0.1) is 11.3 Å². The Morgan fingerprint density at radius 3 is 2.71 bits per heavy atom. The Balaban J connectivity index is 2.17. The largest absolute Gasteiger partial charge is 0.383 e. The molecule has 1 saturated carbocycles. The van der Waals surface area contributed by atoms with E-state index >= 15 is 0 Å². The third kappa shape index (κ3) is 1.73. The van der Waals surface area contributed by atoms with Crippen molar-refractivity contribution in [1.82, 2.24) is 4.98 Å². The SMILES string of the molecule is Cc1sc(C2CCC(F)(F)C2)nc1N. The molecule has 5 heteroatoms. The molecule has 0 spiro atoms. The van der Waals surface area contributed by atoms with Gasteiger partial charge in [0.1, 0.15) is 5.82 Å². The van der Waals surface area contributed by atoms with Gasteiger partial charge in [-0.3, -0.25) is 0 Å². The Bertz CT molecular complexity index is 329. The zero-order chi connectivity index (χ0) is 10.3. The van der Waals surface area contributed by atoms with Gasteiger partial charge < -0.3 is 5.73 Å². The predicted molar refractivity (Wildman–Crippen MR) is 52.8 cm³/mol. The summed E-state index contributed by atoms with van der Waals surface area (Å²) in [5.74, 6) is -2.11. The minimum Gasteiger partial charge on any atom is -0.383 e. The number of nitrogens with zero attached hydrogens (tertiary/aromatic N) is 1. The molecule has 1 aliphatic rings. The second-order valence-corrected chi connectivity index (χ2v) is 5.02. The molecule has 0 bridgehead atoms. The molecule has 78 valence electrons. The first kappa shape index (κ1) is 9.83. The molecule has 1 aromatic heterocycles. The molecular weight excluding hydrogens is 206 g/mol. The van der Waals surface area contributed by atoms with Crippen molar-refractivity contribution in [2.24, 2.45) is 0 Å². The van der Waals surface area contributed by atoms with E-state index in [-0.39, 0.29) is 18.8 Å². The van der Waals surface area contributed by atoms with Crippen LogP contribution in [-0.4, -0.2) is 10.9 Å². The first-order chi connectivity index (χ1) is 6.48. The molecule has 14 heavy (non-hydrogen) atoms. The van der Waals surface area contributed by atoms with Gasteiger partial charge >= 0.3 is 0 Å². The average molecular weight is 218 g/mol. The Morgan fingerprint density at radius 2 is 2.29 bits per heavy atom. The van der Waals surface area contributed by atoms with Crippen molar-refractivity contribution in [2.75, 3.05) is 5.73 Å². The smallest absolute Gasteiger partial charge is 0.248 e. The van der Waals surface area contributed by atoms with Gasteiger partial charge in [0, 0.05) is 23.6 Å². The number of hydrogen-bond acceptors (Lipinski definition) is 3. The van der Waals surface area contributed by atoms with Crippen LogP contribution < -0.4 is 5.73 Å². The molecule has 1 atom stereocenters. The van der Waals surface area contributed by atoms with E-state index in [0.717, 1.165) is 9.88 Å². The first-order valence-electron chi connectivity index (χ1n) is 4.58. The fraction of sp³-hybridized carbons (Fsp3) is 0.667. The molecule has 2 N–H and O–H groups in total. The lowest BCUT2D eigenvalue weighted by atomic mass is 10.1. The number of rotatable bonds is 1. The van der Waals surface area contributed by atoms with Gasteiger partial charge in [-0.1, -0.05) is 0 Å². The number of alkyl halides is 2. The third-order valence-electron chi connectivity index (χ3n) is 2.60. The number of nitrogens with two attached hydrogens (primary N) is 1. The summed E-state index contributed by atoms with van der Waals surface area (Å²) in [5.41, 5.74) is 5.59. The lowest BCUT2D eigenvalue weighted by Crippen LogP contribution is -2.09. The van der Waals surface area contributed by atoms with Crippen LogP contribution in [0, 0.1) is 6.92 Å². The average Bonchev–Trinajstić information content (AvgIpc) is 2.57. The molecule has 0 aliphatic heterocycles. The van der Waals surface area contributed by atoms with Gasteiger partial charge in [-0.25, -0.2) is 13.8 Å². The van der Waals surface area contributed by atoms with Gasteiger partial charge in [-0.05, 0) is 13.3 Å². The van der Waals surface area contributed by atoms with E-state index in [0.29, 0.717) is 12.2 Å². The van der Waals surface area contributed by atoms with Crippen molar-refractivity contribution < 1.29 is 8.78 Å². The highest BCUT2D eigenvalue weighted by Crippen LogP contribution is 2.45. The number of aromatic nitrogens is 1. The minimum absolute atomic E-state index is 0.0177. The second kappa shape index (κ2) is 3.15. The molecule has 1 unspecified atom stereocenters. The lowest BCUT2D eigenvalue weighted by Gasteiger charge is -2.07. The Morgan fingerprint density at radius 1 is 1.57 bits per heavy atom.